The number of fused-ring (bicyclic) bond motifs is 1. The summed E-state index contributed by atoms with van der Waals surface area (Å²) in [6.07, 6.45) is 0. The first-order chi connectivity index (χ1) is 10.3. The van der Waals surface area contributed by atoms with Gasteiger partial charge in [0.1, 0.15) is 0 Å². The van der Waals surface area contributed by atoms with Crippen LogP contribution in [0.5, 0.6) is 0 Å². The summed E-state index contributed by atoms with van der Waals surface area (Å²) in [4.78, 5) is 4.50. The Morgan fingerprint density at radius 3 is 2.18 bits per heavy atom. The molecule has 1 aliphatic rings. The zero-order chi connectivity index (χ0) is 16.3. The van der Waals surface area contributed by atoms with Crippen LogP contribution in [0.4, 0.5) is 11.4 Å². The van der Waals surface area contributed by atoms with Crippen molar-refractivity contribution in [1.29, 1.82) is 0 Å². The van der Waals surface area contributed by atoms with Gasteiger partial charge in [-0.05, 0) is 55.0 Å². The first-order valence-corrected chi connectivity index (χ1v) is 7.68. The quantitative estimate of drug-likeness (QED) is 0.545. The molecule has 0 atom stereocenters. The normalized spacial score (nSPS) is 14.5. The van der Waals surface area contributed by atoms with Crippen molar-refractivity contribution < 1.29 is 0 Å². The second-order valence-electron chi connectivity index (χ2n) is 5.63. The highest BCUT2D eigenvalue weighted by atomic mass is 35.5. The smallest absolute Gasteiger partial charge is 0.0671 e. The molecule has 0 amide bonds. The van der Waals surface area contributed by atoms with Gasteiger partial charge in [-0.25, -0.2) is 0 Å². The van der Waals surface area contributed by atoms with Crippen LogP contribution in [-0.4, -0.2) is 5.71 Å². The average molecular weight is 336 g/mol. The lowest BCUT2D eigenvalue weighted by Gasteiger charge is -2.19. The summed E-state index contributed by atoms with van der Waals surface area (Å²) in [5.41, 5.74) is 6.85. The molecule has 1 heterocycles. The molecule has 0 bridgehead atoms. The minimum Gasteiger partial charge on any atom is -0.324 e. The molecule has 3 N–H and O–H groups in total. The Balaban J connectivity index is 0.000000172. The third-order valence-electron chi connectivity index (χ3n) is 3.84. The molecule has 0 saturated heterocycles. The number of nitrogens with two attached hydrogens (primary N) is 1. The standard InChI is InChI=1S/C11H12ClN.C6H7ClN2/c1-7-11(2,3)9-6-8(12)4-5-10(9)13-7;7-5-1-3-6(9-8)4-2-5/h4-6H,1-3H3;1-4,9H,8H2. The van der Waals surface area contributed by atoms with Crippen LogP contribution in [-0.2, 0) is 5.41 Å². The maximum absolute atomic E-state index is 5.95. The second kappa shape index (κ2) is 6.69. The van der Waals surface area contributed by atoms with Crippen molar-refractivity contribution in [2.75, 3.05) is 5.43 Å². The summed E-state index contributed by atoms with van der Waals surface area (Å²) in [6, 6.07) is 13.0. The van der Waals surface area contributed by atoms with Gasteiger partial charge >= 0.3 is 0 Å². The van der Waals surface area contributed by atoms with Gasteiger partial charge in [0.15, 0.2) is 0 Å². The number of hydrogen-bond donors (Lipinski definition) is 2. The van der Waals surface area contributed by atoms with Gasteiger partial charge < -0.3 is 5.43 Å². The van der Waals surface area contributed by atoms with E-state index in [-0.39, 0.29) is 5.41 Å². The van der Waals surface area contributed by atoms with Gasteiger partial charge in [-0.2, -0.15) is 0 Å². The minimum absolute atomic E-state index is 0.0419. The number of benzene rings is 2. The average Bonchev–Trinajstić information content (AvgIpc) is 2.71. The molecular weight excluding hydrogens is 317 g/mol. The second-order valence-corrected chi connectivity index (χ2v) is 6.51. The van der Waals surface area contributed by atoms with Crippen molar-refractivity contribution in [3.63, 3.8) is 0 Å². The fourth-order valence-electron chi connectivity index (χ4n) is 2.17. The van der Waals surface area contributed by atoms with Gasteiger partial charge in [0.25, 0.3) is 0 Å². The highest BCUT2D eigenvalue weighted by Crippen LogP contribution is 2.40. The molecule has 0 radical (unpaired) electrons. The predicted molar refractivity (Wildman–Crippen MR) is 96.5 cm³/mol. The third kappa shape index (κ3) is 3.61. The largest absolute Gasteiger partial charge is 0.324 e. The zero-order valence-corrected chi connectivity index (χ0v) is 14.3. The van der Waals surface area contributed by atoms with Crippen LogP contribution in [0.15, 0.2) is 47.5 Å². The molecule has 0 aromatic heterocycles. The third-order valence-corrected chi connectivity index (χ3v) is 4.32. The molecule has 3 rings (SSSR count). The molecule has 116 valence electrons. The Bertz CT molecular complexity index is 692. The van der Waals surface area contributed by atoms with E-state index in [1.54, 1.807) is 12.1 Å². The Labute approximate surface area is 141 Å². The fourth-order valence-corrected chi connectivity index (χ4v) is 2.47. The van der Waals surface area contributed by atoms with Gasteiger partial charge in [-0.15, -0.1) is 0 Å². The molecule has 0 saturated carbocycles. The molecule has 0 spiro atoms. The maximum atomic E-state index is 5.95. The van der Waals surface area contributed by atoms with Crippen LogP contribution in [0, 0.1) is 0 Å². The van der Waals surface area contributed by atoms with Crippen LogP contribution in [0.2, 0.25) is 10.0 Å². The molecule has 0 unspecified atom stereocenters. The highest BCUT2D eigenvalue weighted by Gasteiger charge is 2.31. The van der Waals surface area contributed by atoms with Crippen molar-refractivity contribution >= 4 is 40.3 Å². The number of hydrogen-bond acceptors (Lipinski definition) is 3. The van der Waals surface area contributed by atoms with Crippen LogP contribution in [0.3, 0.4) is 0 Å². The van der Waals surface area contributed by atoms with E-state index < -0.39 is 0 Å². The summed E-state index contributed by atoms with van der Waals surface area (Å²) >= 11 is 11.5. The highest BCUT2D eigenvalue weighted by molar-refractivity contribution is 6.31. The minimum atomic E-state index is 0.0419. The van der Waals surface area contributed by atoms with E-state index in [0.717, 1.165) is 22.1 Å². The number of nitrogens with one attached hydrogen (secondary N) is 1. The Morgan fingerprint density at radius 2 is 1.59 bits per heavy atom. The Kier molecular flexibility index (Phi) is 5.12. The topological polar surface area (TPSA) is 50.4 Å². The van der Waals surface area contributed by atoms with Crippen molar-refractivity contribution in [3.8, 4) is 0 Å². The zero-order valence-electron chi connectivity index (χ0n) is 12.8. The lowest BCUT2D eigenvalue weighted by molar-refractivity contribution is 0.733. The Morgan fingerprint density at radius 1 is 1.00 bits per heavy atom. The van der Waals surface area contributed by atoms with Gasteiger partial charge in [0.2, 0.25) is 0 Å². The SMILES string of the molecule is CC1=Nc2ccc(Cl)cc2C1(C)C.NNc1ccc(Cl)cc1. The van der Waals surface area contributed by atoms with E-state index in [2.05, 4.69) is 31.2 Å². The van der Waals surface area contributed by atoms with E-state index in [1.807, 2.05) is 30.3 Å². The van der Waals surface area contributed by atoms with Gasteiger partial charge in [0, 0.05) is 26.9 Å². The van der Waals surface area contributed by atoms with E-state index in [1.165, 1.54) is 5.56 Å². The van der Waals surface area contributed by atoms with E-state index in [4.69, 9.17) is 29.0 Å². The van der Waals surface area contributed by atoms with E-state index >= 15 is 0 Å². The molecule has 22 heavy (non-hydrogen) atoms. The number of aliphatic imine (C=N–C) groups is 1. The summed E-state index contributed by atoms with van der Waals surface area (Å²) in [7, 11) is 0. The number of halogens is 2. The molecular formula is C17H19Cl2N3. The van der Waals surface area contributed by atoms with Crippen molar-refractivity contribution in [2.45, 2.75) is 26.2 Å². The van der Waals surface area contributed by atoms with E-state index in [0.29, 0.717) is 5.02 Å². The molecule has 2 aromatic carbocycles. The number of anilines is 1. The summed E-state index contributed by atoms with van der Waals surface area (Å²) in [6.45, 7) is 6.41. The van der Waals surface area contributed by atoms with Gasteiger partial charge in [-0.3, -0.25) is 10.8 Å². The maximum Gasteiger partial charge on any atom is 0.0671 e. The molecule has 0 aliphatic carbocycles. The molecule has 3 nitrogen and oxygen atoms in total. The number of hydrazine groups is 1. The number of rotatable bonds is 1. The van der Waals surface area contributed by atoms with Gasteiger partial charge in [-0.1, -0.05) is 37.0 Å². The lowest BCUT2D eigenvalue weighted by Crippen LogP contribution is -2.22. The first-order valence-electron chi connectivity index (χ1n) is 6.92. The van der Waals surface area contributed by atoms with Crippen molar-refractivity contribution in [3.05, 3.63) is 58.1 Å². The number of nitrogen functional groups attached to an aromatic ring is 1. The van der Waals surface area contributed by atoms with E-state index in [9.17, 15) is 0 Å². The summed E-state index contributed by atoms with van der Waals surface area (Å²) < 4.78 is 0. The molecule has 2 aromatic rings. The van der Waals surface area contributed by atoms with Crippen LogP contribution < -0.4 is 11.3 Å². The van der Waals surface area contributed by atoms with Crippen LogP contribution >= 0.6 is 23.2 Å². The van der Waals surface area contributed by atoms with Crippen LogP contribution in [0.25, 0.3) is 0 Å². The van der Waals surface area contributed by atoms with Crippen molar-refractivity contribution in [1.82, 2.24) is 0 Å². The summed E-state index contributed by atoms with van der Waals surface area (Å²) in [5, 5.41) is 1.51. The fraction of sp³-hybridized carbons (Fsp3) is 0.235. The van der Waals surface area contributed by atoms with Crippen molar-refractivity contribution in [2.24, 2.45) is 10.8 Å². The molecule has 5 heteroatoms. The predicted octanol–water partition coefficient (Wildman–Crippen LogP) is 5.35. The number of nitrogens with zero attached hydrogens (tertiary/aromatic N) is 1. The monoisotopic (exact) mass is 335 g/mol. The lowest BCUT2D eigenvalue weighted by atomic mass is 9.82. The molecule has 1 aliphatic heterocycles. The molecule has 0 fully saturated rings. The van der Waals surface area contributed by atoms with Gasteiger partial charge in [0.05, 0.1) is 5.69 Å². The van der Waals surface area contributed by atoms with Crippen LogP contribution in [0.1, 0.15) is 26.3 Å². The summed E-state index contributed by atoms with van der Waals surface area (Å²) in [5.74, 6) is 5.11. The Hall–Kier alpha value is -1.55. The first kappa shape index (κ1) is 16.8.